The van der Waals surface area contributed by atoms with Gasteiger partial charge >= 0.3 is 14.8 Å². The molecule has 0 aliphatic carbocycles. The lowest BCUT2D eigenvalue weighted by Gasteiger charge is -2.35. The summed E-state index contributed by atoms with van der Waals surface area (Å²) in [5.41, 5.74) is 0.656. The van der Waals surface area contributed by atoms with E-state index in [-0.39, 0.29) is 5.97 Å². The van der Waals surface area contributed by atoms with Crippen LogP contribution in [0.3, 0.4) is 0 Å². The van der Waals surface area contributed by atoms with Gasteiger partial charge in [-0.05, 0) is 37.7 Å². The van der Waals surface area contributed by atoms with E-state index in [0.29, 0.717) is 39.1 Å². The number of aryl methyl sites for hydroxylation is 1. The van der Waals surface area contributed by atoms with Crippen molar-refractivity contribution in [2.75, 3.05) is 19.8 Å². The molecule has 0 amide bonds. The van der Waals surface area contributed by atoms with Crippen molar-refractivity contribution in [3.05, 3.63) is 35.9 Å². The molecule has 0 aromatic heterocycles. The average molecular weight is 397 g/mol. The molecule has 0 aliphatic rings. The van der Waals surface area contributed by atoms with Crippen molar-refractivity contribution in [2.45, 2.75) is 71.9 Å². The number of carbonyl (C=O) groups is 1. The molecule has 0 saturated carbocycles. The zero-order valence-electron chi connectivity index (χ0n) is 17.4. The molecular weight excluding hydrogens is 360 g/mol. The van der Waals surface area contributed by atoms with E-state index in [1.807, 2.05) is 58.0 Å². The van der Waals surface area contributed by atoms with Gasteiger partial charge in [-0.3, -0.25) is 4.79 Å². The first kappa shape index (κ1) is 23.8. The van der Waals surface area contributed by atoms with E-state index in [4.69, 9.17) is 18.0 Å². The molecule has 1 aromatic rings. The molecule has 0 heterocycles. The van der Waals surface area contributed by atoms with Gasteiger partial charge in [-0.25, -0.2) is 0 Å². The number of hydrogen-bond acceptors (Lipinski definition) is 5. The van der Waals surface area contributed by atoms with Gasteiger partial charge in [0, 0.05) is 26.2 Å². The summed E-state index contributed by atoms with van der Waals surface area (Å²) in [5.74, 6) is -0.233. The summed E-state index contributed by atoms with van der Waals surface area (Å²) in [5, 5.41) is 0. The Hall–Kier alpha value is -1.21. The van der Waals surface area contributed by atoms with Gasteiger partial charge < -0.3 is 18.0 Å². The van der Waals surface area contributed by atoms with Crippen LogP contribution in [-0.2, 0) is 29.2 Å². The van der Waals surface area contributed by atoms with Crippen LogP contribution in [-0.4, -0.2) is 40.3 Å². The highest BCUT2D eigenvalue weighted by molar-refractivity contribution is 6.62. The van der Waals surface area contributed by atoms with Crippen molar-refractivity contribution in [2.24, 2.45) is 0 Å². The van der Waals surface area contributed by atoms with E-state index in [1.165, 1.54) is 0 Å². The molecule has 1 aromatic carbocycles. The van der Waals surface area contributed by atoms with Crippen LogP contribution in [0.2, 0.25) is 0 Å². The molecule has 1 atom stereocenters. The molecule has 0 N–H and O–H groups in total. The van der Waals surface area contributed by atoms with E-state index < -0.39 is 14.5 Å². The maximum absolute atomic E-state index is 12.5. The minimum atomic E-state index is -3.10. The maximum atomic E-state index is 12.5. The Morgan fingerprint density at radius 3 is 1.85 bits per heavy atom. The van der Waals surface area contributed by atoms with Crippen molar-refractivity contribution < 1.29 is 22.8 Å². The Morgan fingerprint density at radius 1 is 0.889 bits per heavy atom. The summed E-state index contributed by atoms with van der Waals surface area (Å²) in [4.78, 5) is 12.5. The Balaban J connectivity index is 2.81. The Bertz CT molecular complexity index is 487. The number of carbonyl (C=O) groups excluding carboxylic acids is 1. The molecule has 0 aliphatic heterocycles. The lowest BCUT2D eigenvalue weighted by Crippen LogP contribution is -2.58. The second-order valence-corrected chi connectivity index (χ2v) is 9.24. The van der Waals surface area contributed by atoms with Crippen LogP contribution in [0.15, 0.2) is 30.3 Å². The molecule has 27 heavy (non-hydrogen) atoms. The van der Waals surface area contributed by atoms with Crippen LogP contribution in [0.4, 0.5) is 0 Å². The Kier molecular flexibility index (Phi) is 12.2. The number of esters is 1. The van der Waals surface area contributed by atoms with Gasteiger partial charge in [-0.2, -0.15) is 0 Å². The van der Waals surface area contributed by atoms with Gasteiger partial charge in [0.1, 0.15) is 0 Å². The van der Waals surface area contributed by atoms with Gasteiger partial charge in [-0.15, -0.1) is 0 Å². The van der Waals surface area contributed by atoms with Crippen LogP contribution in [0.25, 0.3) is 0 Å². The highest BCUT2D eigenvalue weighted by Gasteiger charge is 2.51. The van der Waals surface area contributed by atoms with Gasteiger partial charge in [0.25, 0.3) is 0 Å². The molecule has 5 nitrogen and oxygen atoms in total. The molecule has 0 spiro atoms. The smallest absolute Gasteiger partial charge is 0.458 e. The molecule has 154 valence electrons. The molecule has 1 unspecified atom stereocenters. The first-order valence-electron chi connectivity index (χ1n) is 10.3. The quantitative estimate of drug-likeness (QED) is 0.318. The monoisotopic (exact) mass is 396 g/mol. The summed E-state index contributed by atoms with van der Waals surface area (Å²) in [6.45, 7) is 9.74. The van der Waals surface area contributed by atoms with E-state index in [1.54, 1.807) is 0 Å². The molecule has 0 bridgehead atoms. The lowest BCUT2D eigenvalue weighted by atomic mass is 10.1. The summed E-state index contributed by atoms with van der Waals surface area (Å²) >= 11 is 0. The van der Waals surface area contributed by atoms with Crippen LogP contribution >= 0.6 is 0 Å². The third kappa shape index (κ3) is 8.56. The Labute approximate surface area is 165 Å². The molecule has 0 saturated heterocycles. The summed E-state index contributed by atoms with van der Waals surface area (Å²) in [6.07, 6.45) is 4.18. The molecule has 0 radical (unpaired) electrons. The molecular formula is C21H36O5Si. The number of hydrogen-bond donors (Lipinski definition) is 0. The van der Waals surface area contributed by atoms with Crippen LogP contribution < -0.4 is 0 Å². The fraction of sp³-hybridized carbons (Fsp3) is 0.667. The van der Waals surface area contributed by atoms with E-state index in [9.17, 15) is 4.79 Å². The number of rotatable bonds is 15. The topological polar surface area (TPSA) is 54.0 Å². The second kappa shape index (κ2) is 13.9. The fourth-order valence-electron chi connectivity index (χ4n) is 2.65. The summed E-state index contributed by atoms with van der Waals surface area (Å²) in [6, 6.07) is 9.95. The zero-order chi connectivity index (χ0) is 20.0. The minimum Gasteiger partial charge on any atom is -0.458 e. The van der Waals surface area contributed by atoms with Crippen LogP contribution in [0.5, 0.6) is 0 Å². The normalized spacial score (nSPS) is 12.7. The third-order valence-electron chi connectivity index (χ3n) is 4.02. The van der Waals surface area contributed by atoms with Crippen LogP contribution in [0.1, 0.15) is 65.4 Å². The lowest BCUT2D eigenvalue weighted by molar-refractivity contribution is -0.149. The number of ether oxygens (including phenoxy) is 1. The van der Waals surface area contributed by atoms with Crippen LogP contribution in [0, 0.1) is 0 Å². The SMILES string of the molecule is CCCO[Si](OCCC)(OCCC)C(CC)OC(=O)CCc1ccccc1. The second-order valence-electron chi connectivity index (χ2n) is 6.52. The largest absolute Gasteiger partial charge is 0.544 e. The van der Waals surface area contributed by atoms with Crippen molar-refractivity contribution in [3.8, 4) is 0 Å². The van der Waals surface area contributed by atoms with E-state index in [0.717, 1.165) is 24.8 Å². The van der Waals surface area contributed by atoms with Gasteiger partial charge in [0.15, 0.2) is 5.73 Å². The van der Waals surface area contributed by atoms with Crippen molar-refractivity contribution >= 4 is 14.8 Å². The van der Waals surface area contributed by atoms with Gasteiger partial charge in [0.05, 0.1) is 0 Å². The van der Waals surface area contributed by atoms with Crippen molar-refractivity contribution in [3.63, 3.8) is 0 Å². The summed E-state index contributed by atoms with van der Waals surface area (Å²) < 4.78 is 24.2. The van der Waals surface area contributed by atoms with Crippen molar-refractivity contribution in [1.29, 1.82) is 0 Å². The van der Waals surface area contributed by atoms with Gasteiger partial charge in [-0.1, -0.05) is 58.0 Å². The maximum Gasteiger partial charge on any atom is 0.544 e. The van der Waals surface area contributed by atoms with Crippen molar-refractivity contribution in [1.82, 2.24) is 0 Å². The highest BCUT2D eigenvalue weighted by atomic mass is 28.4. The standard InChI is InChI=1S/C21H36O5Si/c1-5-16-23-27(24-17-6-2,25-18-7-3)21(8-4)26-20(22)15-14-19-12-10-9-11-13-19/h9-13,21H,5-8,14-18H2,1-4H3. The average Bonchev–Trinajstić information content (AvgIpc) is 2.71. The first-order chi connectivity index (χ1) is 13.1. The predicted octanol–water partition coefficient (Wildman–Crippen LogP) is 4.70. The van der Waals surface area contributed by atoms with Gasteiger partial charge in [0.2, 0.25) is 0 Å². The Morgan fingerprint density at radius 2 is 1.41 bits per heavy atom. The predicted molar refractivity (Wildman–Crippen MR) is 109 cm³/mol. The molecule has 0 fully saturated rings. The fourth-order valence-corrected chi connectivity index (χ4v) is 5.70. The molecule has 1 rings (SSSR count). The third-order valence-corrected chi connectivity index (χ3v) is 7.16. The first-order valence-corrected chi connectivity index (χ1v) is 12.1. The highest BCUT2D eigenvalue weighted by Crippen LogP contribution is 2.23. The molecule has 6 heteroatoms. The van der Waals surface area contributed by atoms with E-state index >= 15 is 0 Å². The summed E-state index contributed by atoms with van der Waals surface area (Å²) in [7, 11) is -3.10. The number of benzene rings is 1. The zero-order valence-corrected chi connectivity index (χ0v) is 18.4. The minimum absolute atomic E-state index is 0.233. The van der Waals surface area contributed by atoms with E-state index in [2.05, 4.69) is 0 Å².